The Labute approximate surface area is 134 Å². The predicted molar refractivity (Wildman–Crippen MR) is 80.1 cm³/mol. The second-order valence-electron chi connectivity index (χ2n) is 4.00. The molecule has 0 bridgehead atoms. The summed E-state index contributed by atoms with van der Waals surface area (Å²) in [4.78, 5) is 3.47. The second kappa shape index (κ2) is 6.27. The molecule has 0 aliphatic heterocycles. The van der Waals surface area contributed by atoms with Crippen LogP contribution in [0, 0.1) is 5.82 Å². The lowest BCUT2D eigenvalue weighted by molar-refractivity contribution is 0.281. The van der Waals surface area contributed by atoms with E-state index in [0.29, 0.717) is 4.47 Å². The summed E-state index contributed by atoms with van der Waals surface area (Å²) in [7, 11) is -4.03. The Morgan fingerprint density at radius 3 is 2.76 bits per heavy atom. The third-order valence-electron chi connectivity index (χ3n) is 2.57. The van der Waals surface area contributed by atoms with Crippen LogP contribution in [0.2, 0.25) is 5.02 Å². The first-order valence-corrected chi connectivity index (χ1v) is 8.21. The average Bonchev–Trinajstić information content (AvgIpc) is 2.44. The molecule has 0 aliphatic rings. The normalized spacial score (nSPS) is 11.4. The predicted octanol–water partition coefficient (Wildman–Crippen LogP) is 2.93. The molecule has 2 N–H and O–H groups in total. The number of aliphatic hydroxyl groups excluding tert-OH is 1. The first kappa shape index (κ1) is 16.2. The molecule has 0 unspecified atom stereocenters. The number of halogens is 3. The van der Waals surface area contributed by atoms with Gasteiger partial charge in [0.2, 0.25) is 0 Å². The van der Waals surface area contributed by atoms with Crippen molar-refractivity contribution in [1.82, 2.24) is 4.98 Å². The summed E-state index contributed by atoms with van der Waals surface area (Å²) >= 11 is 8.79. The zero-order valence-corrected chi connectivity index (χ0v) is 13.5. The van der Waals surface area contributed by atoms with E-state index < -0.39 is 22.4 Å². The Bertz CT molecular complexity index is 786. The molecule has 0 saturated carbocycles. The van der Waals surface area contributed by atoms with E-state index in [0.717, 1.165) is 12.1 Å². The molecule has 2 aromatic rings. The fourth-order valence-corrected chi connectivity index (χ4v) is 3.34. The van der Waals surface area contributed by atoms with Gasteiger partial charge < -0.3 is 5.11 Å². The molecule has 9 heteroatoms. The summed E-state index contributed by atoms with van der Waals surface area (Å²) < 4.78 is 40.8. The van der Waals surface area contributed by atoms with Crippen molar-refractivity contribution in [3.63, 3.8) is 0 Å². The van der Waals surface area contributed by atoms with Crippen molar-refractivity contribution < 1.29 is 17.9 Å². The van der Waals surface area contributed by atoms with Crippen molar-refractivity contribution in [1.29, 1.82) is 0 Å². The maximum atomic E-state index is 13.6. The van der Waals surface area contributed by atoms with E-state index in [1.54, 1.807) is 0 Å². The first-order chi connectivity index (χ1) is 9.85. The highest BCUT2D eigenvalue weighted by Gasteiger charge is 2.19. The largest absolute Gasteiger partial charge is 0.392 e. The van der Waals surface area contributed by atoms with Crippen molar-refractivity contribution in [3.8, 4) is 0 Å². The number of nitrogens with one attached hydrogen (secondary N) is 1. The van der Waals surface area contributed by atoms with Crippen molar-refractivity contribution in [2.75, 3.05) is 4.72 Å². The fraction of sp³-hybridized carbons (Fsp3) is 0.0833. The molecule has 0 saturated heterocycles. The molecule has 2 rings (SSSR count). The number of rotatable bonds is 4. The summed E-state index contributed by atoms with van der Waals surface area (Å²) in [5, 5.41) is 8.78. The number of hydrogen-bond acceptors (Lipinski definition) is 4. The minimum Gasteiger partial charge on any atom is -0.392 e. The Kier molecular flexibility index (Phi) is 4.82. The number of pyridine rings is 1. The van der Waals surface area contributed by atoms with Crippen molar-refractivity contribution in [3.05, 3.63) is 51.5 Å². The van der Waals surface area contributed by atoms with Gasteiger partial charge in [-0.25, -0.2) is 12.8 Å². The molecular weight excluding hydrogens is 387 g/mol. The van der Waals surface area contributed by atoms with E-state index in [9.17, 15) is 12.8 Å². The standard InChI is InChI=1S/C12H9BrClFN2O3S/c13-9-5-16-2-1-11(9)17-21(19,20)8-3-7(6-18)12(14)10(15)4-8/h1-5,18H,6H2,(H,16,17). The number of aliphatic hydroxyl groups is 1. The summed E-state index contributed by atoms with van der Waals surface area (Å²) in [6.07, 6.45) is 2.82. The summed E-state index contributed by atoms with van der Waals surface area (Å²) in [5.74, 6) is -0.919. The van der Waals surface area contributed by atoms with Crippen LogP contribution in [0.25, 0.3) is 0 Å². The first-order valence-electron chi connectivity index (χ1n) is 5.56. The van der Waals surface area contributed by atoms with Gasteiger partial charge in [-0.05, 0) is 34.1 Å². The zero-order valence-electron chi connectivity index (χ0n) is 10.3. The third-order valence-corrected chi connectivity index (χ3v) is 4.97. The number of aromatic nitrogens is 1. The lowest BCUT2D eigenvalue weighted by Crippen LogP contribution is -2.14. The fourth-order valence-electron chi connectivity index (χ4n) is 1.55. The van der Waals surface area contributed by atoms with Crippen LogP contribution in [-0.2, 0) is 16.6 Å². The van der Waals surface area contributed by atoms with Gasteiger partial charge in [-0.2, -0.15) is 0 Å². The highest BCUT2D eigenvalue weighted by molar-refractivity contribution is 9.10. The van der Waals surface area contributed by atoms with E-state index in [-0.39, 0.29) is 21.2 Å². The number of benzene rings is 1. The van der Waals surface area contributed by atoms with E-state index in [1.165, 1.54) is 18.5 Å². The van der Waals surface area contributed by atoms with Gasteiger partial charge in [0.15, 0.2) is 0 Å². The van der Waals surface area contributed by atoms with Gasteiger partial charge in [0.05, 0.1) is 26.7 Å². The van der Waals surface area contributed by atoms with Crippen LogP contribution in [0.1, 0.15) is 5.56 Å². The maximum Gasteiger partial charge on any atom is 0.262 e. The topological polar surface area (TPSA) is 79.3 Å². The van der Waals surface area contributed by atoms with Crippen molar-refractivity contribution in [2.45, 2.75) is 11.5 Å². The minimum atomic E-state index is -4.03. The number of hydrogen-bond donors (Lipinski definition) is 2. The molecule has 112 valence electrons. The number of anilines is 1. The Balaban J connectivity index is 2.45. The Morgan fingerprint density at radius 1 is 1.43 bits per heavy atom. The van der Waals surface area contributed by atoms with Gasteiger partial charge in [-0.3, -0.25) is 9.71 Å². The summed E-state index contributed by atoms with van der Waals surface area (Å²) in [6.45, 7) is -0.571. The molecule has 0 amide bonds. The number of nitrogens with zero attached hydrogens (tertiary/aromatic N) is 1. The van der Waals surface area contributed by atoms with E-state index in [4.69, 9.17) is 16.7 Å². The van der Waals surface area contributed by atoms with Crippen molar-refractivity contribution >= 4 is 43.2 Å². The molecule has 0 aliphatic carbocycles. The molecule has 0 spiro atoms. The van der Waals surface area contributed by atoms with Crippen LogP contribution in [0.3, 0.4) is 0 Å². The van der Waals surface area contributed by atoms with Crippen LogP contribution in [0.5, 0.6) is 0 Å². The van der Waals surface area contributed by atoms with Crippen LogP contribution < -0.4 is 4.72 Å². The highest BCUT2D eigenvalue weighted by atomic mass is 79.9. The molecule has 1 aromatic carbocycles. The van der Waals surface area contributed by atoms with Gasteiger partial charge in [0, 0.05) is 18.0 Å². The second-order valence-corrected chi connectivity index (χ2v) is 6.91. The molecule has 5 nitrogen and oxygen atoms in total. The molecule has 0 fully saturated rings. The molecule has 21 heavy (non-hydrogen) atoms. The zero-order chi connectivity index (χ0) is 15.6. The van der Waals surface area contributed by atoms with Gasteiger partial charge in [-0.15, -0.1) is 0 Å². The monoisotopic (exact) mass is 394 g/mol. The van der Waals surface area contributed by atoms with Crippen LogP contribution in [0.4, 0.5) is 10.1 Å². The Morgan fingerprint density at radius 2 is 2.14 bits per heavy atom. The smallest absolute Gasteiger partial charge is 0.262 e. The minimum absolute atomic E-state index is 0.00849. The van der Waals surface area contributed by atoms with Gasteiger partial charge >= 0.3 is 0 Å². The lowest BCUT2D eigenvalue weighted by atomic mass is 10.2. The molecule has 1 aromatic heterocycles. The molecule has 0 radical (unpaired) electrons. The van der Waals surface area contributed by atoms with E-state index in [2.05, 4.69) is 25.6 Å². The lowest BCUT2D eigenvalue weighted by Gasteiger charge is -2.11. The highest BCUT2D eigenvalue weighted by Crippen LogP contribution is 2.27. The molecular formula is C12H9BrClFN2O3S. The third kappa shape index (κ3) is 3.52. The van der Waals surface area contributed by atoms with Gasteiger partial charge in [-0.1, -0.05) is 11.6 Å². The number of sulfonamides is 1. The van der Waals surface area contributed by atoms with Crippen LogP contribution in [-0.4, -0.2) is 18.5 Å². The molecule has 1 heterocycles. The van der Waals surface area contributed by atoms with E-state index >= 15 is 0 Å². The molecule has 0 atom stereocenters. The van der Waals surface area contributed by atoms with Crippen LogP contribution >= 0.6 is 27.5 Å². The van der Waals surface area contributed by atoms with Crippen molar-refractivity contribution in [2.24, 2.45) is 0 Å². The Hall–Kier alpha value is -1.22. The SMILES string of the molecule is O=S(=O)(Nc1ccncc1Br)c1cc(F)c(Cl)c(CO)c1. The van der Waals surface area contributed by atoms with Gasteiger partial charge in [0.1, 0.15) is 5.82 Å². The summed E-state index contributed by atoms with van der Waals surface area (Å²) in [6, 6.07) is 3.35. The van der Waals surface area contributed by atoms with Gasteiger partial charge in [0.25, 0.3) is 10.0 Å². The average molecular weight is 396 g/mol. The maximum absolute atomic E-state index is 13.6. The quantitative estimate of drug-likeness (QED) is 0.834. The summed E-state index contributed by atoms with van der Waals surface area (Å²) in [5.41, 5.74) is 0.247. The van der Waals surface area contributed by atoms with E-state index in [1.807, 2.05) is 0 Å². The van der Waals surface area contributed by atoms with Crippen LogP contribution in [0.15, 0.2) is 40.0 Å².